The van der Waals surface area contributed by atoms with E-state index in [9.17, 15) is 0 Å². The smallest absolute Gasteiger partial charge is 0.00866 e. The number of rotatable bonds is 2. The molecule has 1 N–H and O–H groups in total. The van der Waals surface area contributed by atoms with E-state index in [0.717, 1.165) is 18.0 Å². The molecule has 1 nitrogen and oxygen atoms in total. The zero-order valence-electron chi connectivity index (χ0n) is 6.65. The highest BCUT2D eigenvalue weighted by molar-refractivity contribution is 4.85. The van der Waals surface area contributed by atoms with Gasteiger partial charge in [-0.2, -0.15) is 0 Å². The van der Waals surface area contributed by atoms with Crippen molar-refractivity contribution < 1.29 is 0 Å². The van der Waals surface area contributed by atoms with Gasteiger partial charge in [-0.25, -0.2) is 0 Å². The average Bonchev–Trinajstić information content (AvgIpc) is 1.60. The third-order valence-corrected chi connectivity index (χ3v) is 1.91. The first-order valence-electron chi connectivity index (χ1n) is 3.94. The van der Waals surface area contributed by atoms with Crippen LogP contribution in [0.2, 0.25) is 0 Å². The summed E-state index contributed by atoms with van der Waals surface area (Å²) in [6.45, 7) is 6.81. The van der Waals surface area contributed by atoms with Gasteiger partial charge in [0.25, 0.3) is 0 Å². The maximum Gasteiger partial charge on any atom is 0.00866 e. The molecule has 0 radical (unpaired) electrons. The monoisotopic (exact) mass is 127 g/mol. The molecule has 2 unspecified atom stereocenters. The van der Waals surface area contributed by atoms with Gasteiger partial charge in [0.05, 0.1) is 0 Å². The zero-order chi connectivity index (χ0) is 6.85. The molecule has 1 fully saturated rings. The molecule has 1 heterocycles. The molecule has 0 bridgehead atoms. The molecular formula is C8H17N. The van der Waals surface area contributed by atoms with Gasteiger partial charge in [0, 0.05) is 12.1 Å². The number of nitrogens with one attached hydrogen (secondary N) is 1. The lowest BCUT2D eigenvalue weighted by molar-refractivity contribution is 0.246. The lowest BCUT2D eigenvalue weighted by Crippen LogP contribution is -2.50. The summed E-state index contributed by atoms with van der Waals surface area (Å²) in [6, 6.07) is 1.62. The van der Waals surface area contributed by atoms with E-state index in [1.54, 1.807) is 0 Å². The molecule has 1 aliphatic rings. The fourth-order valence-electron chi connectivity index (χ4n) is 1.54. The predicted octanol–water partition coefficient (Wildman–Crippen LogP) is 1.78. The van der Waals surface area contributed by atoms with Crippen LogP contribution in [0.3, 0.4) is 0 Å². The summed E-state index contributed by atoms with van der Waals surface area (Å²) in [7, 11) is 0. The van der Waals surface area contributed by atoms with Crippen LogP contribution in [-0.2, 0) is 0 Å². The molecule has 2 atom stereocenters. The Kier molecular flexibility index (Phi) is 2.12. The molecular weight excluding hydrogens is 110 g/mol. The van der Waals surface area contributed by atoms with Crippen LogP contribution < -0.4 is 5.32 Å². The van der Waals surface area contributed by atoms with Crippen LogP contribution >= 0.6 is 0 Å². The van der Waals surface area contributed by atoms with E-state index in [-0.39, 0.29) is 0 Å². The van der Waals surface area contributed by atoms with Crippen molar-refractivity contribution in [2.45, 2.75) is 45.7 Å². The van der Waals surface area contributed by atoms with Crippen LogP contribution in [0.4, 0.5) is 0 Å². The zero-order valence-corrected chi connectivity index (χ0v) is 6.65. The topological polar surface area (TPSA) is 12.0 Å². The van der Waals surface area contributed by atoms with Gasteiger partial charge in [-0.1, -0.05) is 13.8 Å². The van der Waals surface area contributed by atoms with Gasteiger partial charge >= 0.3 is 0 Å². The molecule has 1 aliphatic heterocycles. The second kappa shape index (κ2) is 2.70. The highest BCUT2D eigenvalue weighted by Gasteiger charge is 2.23. The van der Waals surface area contributed by atoms with Crippen molar-refractivity contribution in [2.75, 3.05) is 0 Å². The van der Waals surface area contributed by atoms with Crippen LogP contribution in [0.5, 0.6) is 0 Å². The molecule has 0 spiro atoms. The lowest BCUT2D eigenvalue weighted by atomic mass is 9.91. The maximum atomic E-state index is 3.47. The van der Waals surface area contributed by atoms with E-state index in [0.29, 0.717) is 0 Å². The molecule has 1 saturated heterocycles. The summed E-state index contributed by atoms with van der Waals surface area (Å²) in [4.78, 5) is 0. The fraction of sp³-hybridized carbons (Fsp3) is 1.00. The Hall–Kier alpha value is -0.0400. The summed E-state index contributed by atoms with van der Waals surface area (Å²) in [5, 5.41) is 3.47. The Balaban J connectivity index is 2.04. The second-order valence-corrected chi connectivity index (χ2v) is 3.63. The van der Waals surface area contributed by atoms with E-state index >= 15 is 0 Å². The van der Waals surface area contributed by atoms with Crippen LogP contribution in [0, 0.1) is 5.92 Å². The molecule has 0 aromatic heterocycles. The Morgan fingerprint density at radius 3 is 2.44 bits per heavy atom. The van der Waals surface area contributed by atoms with Crippen LogP contribution in [0.1, 0.15) is 33.6 Å². The summed E-state index contributed by atoms with van der Waals surface area (Å²) >= 11 is 0. The van der Waals surface area contributed by atoms with Gasteiger partial charge in [0.1, 0.15) is 0 Å². The van der Waals surface area contributed by atoms with Crippen molar-refractivity contribution >= 4 is 0 Å². The normalized spacial score (nSPS) is 34.7. The molecule has 1 rings (SSSR count). The summed E-state index contributed by atoms with van der Waals surface area (Å²) in [5.74, 6) is 0.856. The largest absolute Gasteiger partial charge is 0.311 e. The molecule has 9 heavy (non-hydrogen) atoms. The van der Waals surface area contributed by atoms with Gasteiger partial charge in [-0.05, 0) is 25.7 Å². The third-order valence-electron chi connectivity index (χ3n) is 1.91. The van der Waals surface area contributed by atoms with Gasteiger partial charge < -0.3 is 5.32 Å². The highest BCUT2D eigenvalue weighted by atomic mass is 15.0. The van der Waals surface area contributed by atoms with Gasteiger partial charge in [-0.15, -0.1) is 0 Å². The van der Waals surface area contributed by atoms with Crippen molar-refractivity contribution in [1.29, 1.82) is 0 Å². The van der Waals surface area contributed by atoms with Crippen molar-refractivity contribution in [3.05, 3.63) is 0 Å². The summed E-state index contributed by atoms with van der Waals surface area (Å²) in [5.41, 5.74) is 0. The van der Waals surface area contributed by atoms with Crippen molar-refractivity contribution in [1.82, 2.24) is 5.32 Å². The van der Waals surface area contributed by atoms with E-state index in [2.05, 4.69) is 26.1 Å². The van der Waals surface area contributed by atoms with E-state index < -0.39 is 0 Å². The molecule has 0 aliphatic carbocycles. The van der Waals surface area contributed by atoms with E-state index in [4.69, 9.17) is 0 Å². The Morgan fingerprint density at radius 2 is 2.11 bits per heavy atom. The van der Waals surface area contributed by atoms with Gasteiger partial charge in [0.15, 0.2) is 0 Å². The SMILES string of the molecule is CC(C)CC1CC(C)N1. The van der Waals surface area contributed by atoms with Crippen LogP contribution in [0.25, 0.3) is 0 Å². The minimum Gasteiger partial charge on any atom is -0.311 e. The van der Waals surface area contributed by atoms with Crippen LogP contribution in [-0.4, -0.2) is 12.1 Å². The summed E-state index contributed by atoms with van der Waals surface area (Å²) in [6.07, 6.45) is 2.74. The van der Waals surface area contributed by atoms with Crippen molar-refractivity contribution in [3.63, 3.8) is 0 Å². The van der Waals surface area contributed by atoms with E-state index in [1.807, 2.05) is 0 Å². The van der Waals surface area contributed by atoms with E-state index in [1.165, 1.54) is 12.8 Å². The standard InChI is InChI=1S/C8H17N/c1-6(2)4-8-5-7(3)9-8/h6-9H,4-5H2,1-3H3. The number of hydrogen-bond donors (Lipinski definition) is 1. The first-order valence-corrected chi connectivity index (χ1v) is 3.94. The predicted molar refractivity (Wildman–Crippen MR) is 40.5 cm³/mol. The second-order valence-electron chi connectivity index (χ2n) is 3.63. The summed E-state index contributed by atoms with van der Waals surface area (Å²) < 4.78 is 0. The number of hydrogen-bond acceptors (Lipinski definition) is 1. The Bertz CT molecular complexity index is 82.6. The molecule has 0 aromatic rings. The molecule has 1 heteroatoms. The van der Waals surface area contributed by atoms with Gasteiger partial charge in [0.2, 0.25) is 0 Å². The Labute approximate surface area is 57.8 Å². The Morgan fingerprint density at radius 1 is 1.56 bits per heavy atom. The van der Waals surface area contributed by atoms with Gasteiger partial charge in [-0.3, -0.25) is 0 Å². The third kappa shape index (κ3) is 1.98. The first kappa shape index (κ1) is 7.07. The minimum absolute atomic E-state index is 0.786. The molecule has 0 aromatic carbocycles. The molecule has 0 amide bonds. The highest BCUT2D eigenvalue weighted by Crippen LogP contribution is 2.17. The lowest BCUT2D eigenvalue weighted by Gasteiger charge is -2.35. The van der Waals surface area contributed by atoms with Crippen molar-refractivity contribution in [3.8, 4) is 0 Å². The fourth-order valence-corrected chi connectivity index (χ4v) is 1.54. The van der Waals surface area contributed by atoms with Crippen molar-refractivity contribution in [2.24, 2.45) is 5.92 Å². The minimum atomic E-state index is 0.786. The molecule has 54 valence electrons. The van der Waals surface area contributed by atoms with Crippen LogP contribution in [0.15, 0.2) is 0 Å². The first-order chi connectivity index (χ1) is 4.18. The maximum absolute atomic E-state index is 3.47. The average molecular weight is 127 g/mol. The quantitative estimate of drug-likeness (QED) is 0.596. The molecule has 0 saturated carbocycles.